The number of benzene rings is 2. The van der Waals surface area contributed by atoms with E-state index in [0.717, 1.165) is 11.1 Å². The zero-order valence-corrected chi connectivity index (χ0v) is 13.6. The number of aromatic nitrogens is 2. The maximum absolute atomic E-state index is 13.2. The molecule has 0 bridgehead atoms. The van der Waals surface area contributed by atoms with E-state index in [9.17, 15) is 14.9 Å². The van der Waals surface area contributed by atoms with Gasteiger partial charge in [0.05, 0.1) is 5.10 Å². The lowest BCUT2D eigenvalue weighted by Crippen LogP contribution is -2.04. The van der Waals surface area contributed by atoms with Gasteiger partial charge in [-0.15, -0.1) is 4.95 Å². The van der Waals surface area contributed by atoms with Crippen molar-refractivity contribution in [1.82, 2.24) is 9.97 Å². The van der Waals surface area contributed by atoms with Crippen molar-refractivity contribution in [2.45, 2.75) is 0 Å². The summed E-state index contributed by atoms with van der Waals surface area (Å²) in [7, 11) is 0. The summed E-state index contributed by atoms with van der Waals surface area (Å²) in [5, 5.41) is 22.2. The average molecular weight is 350 g/mol. The van der Waals surface area contributed by atoms with Crippen molar-refractivity contribution in [3.05, 3.63) is 82.5 Å². The minimum atomic E-state index is -0.328. The van der Waals surface area contributed by atoms with E-state index in [4.69, 9.17) is 6.57 Å². The molecule has 1 aromatic heterocycles. The van der Waals surface area contributed by atoms with Crippen molar-refractivity contribution in [1.29, 1.82) is 10.5 Å². The summed E-state index contributed by atoms with van der Waals surface area (Å²) in [6.45, 7) is 7.06. The Morgan fingerprint density at radius 3 is 2.15 bits per heavy atom. The largest absolute Gasteiger partial charge is 0.232 e. The van der Waals surface area contributed by atoms with Crippen molar-refractivity contribution >= 4 is 5.71 Å². The monoisotopic (exact) mass is 350 g/mol. The van der Waals surface area contributed by atoms with Gasteiger partial charge < -0.3 is 0 Å². The fraction of sp³-hybridized carbons (Fsp3) is 0. The molecule has 6 nitrogen and oxygen atoms in total. The van der Waals surface area contributed by atoms with Gasteiger partial charge in [-0.25, -0.2) is 14.4 Å². The van der Waals surface area contributed by atoms with E-state index in [2.05, 4.69) is 20.0 Å². The molecule has 0 aliphatic heterocycles. The molecule has 0 saturated carbocycles. The Morgan fingerprint density at radius 2 is 1.52 bits per heavy atom. The fourth-order valence-corrected chi connectivity index (χ4v) is 2.99. The molecule has 27 heavy (non-hydrogen) atoms. The number of fused-ring (bicyclic) bond motifs is 3. The van der Waals surface area contributed by atoms with E-state index in [-0.39, 0.29) is 17.2 Å². The third-order valence-corrected chi connectivity index (χ3v) is 4.19. The molecule has 1 aliphatic carbocycles. The van der Waals surface area contributed by atoms with Gasteiger partial charge in [0.25, 0.3) is 0 Å². The lowest BCUT2D eigenvalue weighted by molar-refractivity contribution is 0.628. The zero-order chi connectivity index (χ0) is 19.0. The van der Waals surface area contributed by atoms with E-state index in [0.29, 0.717) is 28.2 Å². The molecular weight excluding hydrogens is 343 g/mol. The Morgan fingerprint density at radius 1 is 0.889 bits per heavy atom. The summed E-state index contributed by atoms with van der Waals surface area (Å²) in [5.74, 6) is -0.328. The number of nitrogens with zero attached hydrogens (tertiary/aromatic N) is 6. The summed E-state index contributed by atoms with van der Waals surface area (Å²) >= 11 is 0. The second kappa shape index (κ2) is 6.15. The lowest BCUT2D eigenvalue weighted by Gasteiger charge is -2.05. The van der Waals surface area contributed by atoms with Crippen molar-refractivity contribution in [2.75, 3.05) is 0 Å². The van der Waals surface area contributed by atoms with Gasteiger partial charge in [-0.05, 0) is 29.3 Å². The number of rotatable bonds is 1. The molecule has 124 valence electrons. The van der Waals surface area contributed by atoms with E-state index >= 15 is 0 Å². The standard InChI is InChI=1S/C20H7FN6/c1-24-27-19-14-7-4-12(11-2-5-13(21)6-3-11)8-15(14)18-20(19)26-17(10-23)16(9-22)25-18/h2-8H. The van der Waals surface area contributed by atoms with Crippen LogP contribution in [0.4, 0.5) is 4.39 Å². The minimum absolute atomic E-state index is 0.0848. The van der Waals surface area contributed by atoms with Crippen LogP contribution in [0.2, 0.25) is 0 Å². The molecule has 0 amide bonds. The van der Waals surface area contributed by atoms with Crippen LogP contribution in [0.5, 0.6) is 0 Å². The van der Waals surface area contributed by atoms with Gasteiger partial charge in [-0.2, -0.15) is 17.1 Å². The number of nitriles is 2. The van der Waals surface area contributed by atoms with Gasteiger partial charge in [0.2, 0.25) is 0 Å². The van der Waals surface area contributed by atoms with Crippen molar-refractivity contribution in [3.8, 4) is 34.5 Å². The van der Waals surface area contributed by atoms with Crippen LogP contribution in [0, 0.1) is 35.1 Å². The molecular formula is C20H7FN6. The number of halogens is 1. The second-order valence-corrected chi connectivity index (χ2v) is 5.66. The Hall–Kier alpha value is -4.41. The summed E-state index contributed by atoms with van der Waals surface area (Å²) in [6.07, 6.45) is 0. The van der Waals surface area contributed by atoms with Gasteiger partial charge in [0, 0.05) is 11.1 Å². The molecule has 0 saturated heterocycles. The lowest BCUT2D eigenvalue weighted by atomic mass is 10.00. The van der Waals surface area contributed by atoms with Crippen LogP contribution in [-0.4, -0.2) is 15.7 Å². The third kappa shape index (κ3) is 2.50. The smallest absolute Gasteiger partial charge is 0.181 e. The summed E-state index contributed by atoms with van der Waals surface area (Å²) in [6, 6.07) is 15.2. The Balaban J connectivity index is 1.98. The van der Waals surface area contributed by atoms with Crippen LogP contribution in [0.15, 0.2) is 47.6 Å². The summed E-state index contributed by atoms with van der Waals surface area (Å²) in [4.78, 5) is 11.6. The van der Waals surface area contributed by atoms with E-state index in [1.165, 1.54) is 12.1 Å². The Bertz CT molecular complexity index is 1250. The van der Waals surface area contributed by atoms with E-state index in [1.807, 2.05) is 24.3 Å². The van der Waals surface area contributed by atoms with Gasteiger partial charge in [0.1, 0.15) is 29.3 Å². The minimum Gasteiger partial charge on any atom is -0.232 e. The highest BCUT2D eigenvalue weighted by atomic mass is 19.1. The van der Waals surface area contributed by atoms with Crippen LogP contribution < -0.4 is 0 Å². The molecule has 1 heterocycles. The van der Waals surface area contributed by atoms with Crippen LogP contribution in [0.3, 0.4) is 0 Å². The molecule has 7 heteroatoms. The molecule has 3 aromatic rings. The summed E-state index contributed by atoms with van der Waals surface area (Å²) < 4.78 is 13.2. The first kappa shape index (κ1) is 16.1. The van der Waals surface area contributed by atoms with Gasteiger partial charge in [-0.3, -0.25) is 0 Å². The van der Waals surface area contributed by atoms with Gasteiger partial charge in [-0.1, -0.05) is 24.3 Å². The topological polar surface area (TPSA) is 90.1 Å². The third-order valence-electron chi connectivity index (χ3n) is 4.19. The summed E-state index contributed by atoms with van der Waals surface area (Å²) in [5.41, 5.74) is 3.73. The van der Waals surface area contributed by atoms with Gasteiger partial charge >= 0.3 is 0 Å². The first-order chi connectivity index (χ1) is 13.2. The molecule has 0 N–H and O–H groups in total. The van der Waals surface area contributed by atoms with Crippen molar-refractivity contribution in [3.63, 3.8) is 0 Å². The van der Waals surface area contributed by atoms with Gasteiger partial charge in [0.15, 0.2) is 17.1 Å². The maximum Gasteiger partial charge on any atom is 0.181 e. The highest BCUT2D eigenvalue weighted by Gasteiger charge is 2.32. The predicted molar refractivity (Wildman–Crippen MR) is 94.5 cm³/mol. The van der Waals surface area contributed by atoms with Crippen LogP contribution in [0.25, 0.3) is 27.3 Å². The molecule has 0 radical (unpaired) electrons. The van der Waals surface area contributed by atoms with Crippen LogP contribution in [-0.2, 0) is 0 Å². The quantitative estimate of drug-likeness (QED) is 0.387. The Kier molecular flexibility index (Phi) is 3.66. The number of hydrogen-bond donors (Lipinski definition) is 0. The fourth-order valence-electron chi connectivity index (χ4n) is 2.99. The zero-order valence-electron chi connectivity index (χ0n) is 13.6. The van der Waals surface area contributed by atoms with E-state index in [1.54, 1.807) is 18.2 Å². The predicted octanol–water partition coefficient (Wildman–Crippen LogP) is 3.68. The molecule has 1 aliphatic rings. The Labute approximate surface area is 153 Å². The molecule has 4 rings (SSSR count). The highest BCUT2D eigenvalue weighted by molar-refractivity contribution is 6.23. The second-order valence-electron chi connectivity index (χ2n) is 5.66. The SMILES string of the molecule is [C-]#[N+]N=C1c2ccc(-c3ccc(F)cc3)cc2-c2nc(C#N)c(C#N)nc21. The molecule has 0 atom stereocenters. The van der Waals surface area contributed by atoms with E-state index < -0.39 is 0 Å². The van der Waals surface area contributed by atoms with Crippen LogP contribution in [0.1, 0.15) is 22.6 Å². The molecule has 2 aromatic carbocycles. The molecule has 0 spiro atoms. The average Bonchev–Trinajstić information content (AvgIpc) is 3.00. The number of hydrogen-bond acceptors (Lipinski definition) is 5. The molecule has 0 fully saturated rings. The van der Waals surface area contributed by atoms with Crippen molar-refractivity contribution in [2.24, 2.45) is 5.10 Å². The first-order valence-electron chi connectivity index (χ1n) is 7.74. The molecule has 0 unspecified atom stereocenters. The first-order valence-corrected chi connectivity index (χ1v) is 7.74. The van der Waals surface area contributed by atoms with Crippen LogP contribution >= 0.6 is 0 Å². The van der Waals surface area contributed by atoms with Crippen molar-refractivity contribution < 1.29 is 4.39 Å². The normalized spacial score (nSPS) is 12.6. The highest BCUT2D eigenvalue weighted by Crippen LogP contribution is 2.38. The maximum atomic E-state index is 13.2.